The van der Waals surface area contributed by atoms with Gasteiger partial charge in [0.15, 0.2) is 0 Å². The first kappa shape index (κ1) is 23.7. The number of fused-ring (bicyclic) bond motifs is 1. The lowest BCUT2D eigenvalue weighted by atomic mass is 9.47. The minimum Gasteiger partial charge on any atom is -0.274 e. The van der Waals surface area contributed by atoms with Gasteiger partial charge in [-0.25, -0.2) is 9.88 Å². The van der Waals surface area contributed by atoms with Gasteiger partial charge in [-0.05, 0) is 58.7 Å². The lowest BCUT2D eigenvalue weighted by Gasteiger charge is -2.52. The van der Waals surface area contributed by atoms with Crippen molar-refractivity contribution in [3.8, 4) is 0 Å². The number of carbonyl (C=O) groups excluding carboxylic acids is 2. The number of nitrogens with one attached hydrogen (secondary N) is 1. The summed E-state index contributed by atoms with van der Waals surface area (Å²) in [6.45, 7) is 0. The third-order valence-electron chi connectivity index (χ3n) is 8.49. The minimum absolute atomic E-state index is 0.164. The highest BCUT2D eigenvalue weighted by molar-refractivity contribution is 9.10. The van der Waals surface area contributed by atoms with E-state index in [1.54, 1.807) is 0 Å². The smallest absolute Gasteiger partial charge is 0.239 e. The molecular weight excluding hydrogens is 584 g/mol. The van der Waals surface area contributed by atoms with Crippen LogP contribution in [0.5, 0.6) is 0 Å². The first-order valence-corrected chi connectivity index (χ1v) is 14.7. The number of thiazole rings is 1. The summed E-state index contributed by atoms with van der Waals surface area (Å²) in [7, 11) is 0. The van der Waals surface area contributed by atoms with Gasteiger partial charge in [0.25, 0.3) is 0 Å². The number of aromatic nitrogens is 1. The number of hydrogen-bond acceptors (Lipinski definition) is 6. The van der Waals surface area contributed by atoms with Crippen LogP contribution in [0.4, 0.5) is 10.8 Å². The SMILES string of the molecule is O=C1[C@H]2C3c4ccccc4C(/C=N\Nc4nc5ccccc5s4)(c4ccccc43)[C@H]2C(=O)N1c1ccc(Br)cc1. The van der Waals surface area contributed by atoms with Crippen LogP contribution in [0.3, 0.4) is 0 Å². The molecule has 2 heterocycles. The highest BCUT2D eigenvalue weighted by atomic mass is 79.9. The molecule has 0 saturated carbocycles. The van der Waals surface area contributed by atoms with Crippen LogP contribution in [0.1, 0.15) is 28.2 Å². The van der Waals surface area contributed by atoms with Crippen molar-refractivity contribution in [2.75, 3.05) is 10.3 Å². The van der Waals surface area contributed by atoms with E-state index >= 15 is 0 Å². The molecule has 4 aliphatic rings. The Labute approximate surface area is 242 Å². The Morgan fingerprint density at radius 3 is 2.20 bits per heavy atom. The first-order chi connectivity index (χ1) is 19.6. The van der Waals surface area contributed by atoms with Crippen molar-refractivity contribution in [1.82, 2.24) is 4.98 Å². The summed E-state index contributed by atoms with van der Waals surface area (Å²) in [5, 5.41) is 5.41. The van der Waals surface area contributed by atoms with Gasteiger partial charge in [-0.1, -0.05) is 87.9 Å². The number of hydrazone groups is 1. The minimum atomic E-state index is -0.923. The molecule has 1 fully saturated rings. The van der Waals surface area contributed by atoms with Crippen LogP contribution in [0, 0.1) is 11.8 Å². The number of halogens is 1. The highest BCUT2D eigenvalue weighted by Crippen LogP contribution is 2.63. The van der Waals surface area contributed by atoms with Crippen LogP contribution in [-0.2, 0) is 15.0 Å². The summed E-state index contributed by atoms with van der Waals surface area (Å²) in [4.78, 5) is 34.6. The van der Waals surface area contributed by atoms with E-state index in [1.807, 2.05) is 79.0 Å². The second-order valence-electron chi connectivity index (χ2n) is 10.4. The predicted octanol–water partition coefficient (Wildman–Crippen LogP) is 6.71. The molecule has 0 unspecified atom stereocenters. The average Bonchev–Trinajstić information content (AvgIpc) is 3.52. The number of para-hydroxylation sites is 1. The van der Waals surface area contributed by atoms with Gasteiger partial charge in [-0.3, -0.25) is 15.0 Å². The molecule has 40 heavy (non-hydrogen) atoms. The fourth-order valence-corrected chi connectivity index (χ4v) is 8.08. The molecule has 2 atom stereocenters. The van der Waals surface area contributed by atoms with E-state index in [9.17, 15) is 9.59 Å². The molecule has 1 N–H and O–H groups in total. The molecule has 1 aliphatic heterocycles. The number of rotatable bonds is 4. The normalized spacial score (nSPS) is 24.4. The number of carbonyl (C=O) groups is 2. The number of benzene rings is 4. The Bertz CT molecular complexity index is 1800. The highest BCUT2D eigenvalue weighted by Gasteiger charge is 2.68. The molecule has 3 aliphatic carbocycles. The van der Waals surface area contributed by atoms with Crippen molar-refractivity contribution < 1.29 is 9.59 Å². The molecule has 194 valence electrons. The monoisotopic (exact) mass is 604 g/mol. The van der Waals surface area contributed by atoms with Gasteiger partial charge in [-0.2, -0.15) is 5.10 Å². The molecule has 6 nitrogen and oxygen atoms in total. The summed E-state index contributed by atoms with van der Waals surface area (Å²) in [6.07, 6.45) is 1.85. The van der Waals surface area contributed by atoms with Crippen molar-refractivity contribution >= 4 is 66.3 Å². The van der Waals surface area contributed by atoms with Crippen LogP contribution < -0.4 is 10.3 Å². The fourth-order valence-electron chi connectivity index (χ4n) is 7.00. The molecule has 5 aromatic rings. The fraction of sp³-hybridized carbons (Fsp3) is 0.125. The van der Waals surface area contributed by atoms with Crippen molar-refractivity contribution in [1.29, 1.82) is 0 Å². The van der Waals surface area contributed by atoms with Crippen molar-refractivity contribution in [3.63, 3.8) is 0 Å². The summed E-state index contributed by atoms with van der Waals surface area (Å²) >= 11 is 4.99. The second kappa shape index (κ2) is 8.68. The molecule has 9 rings (SSSR count). The van der Waals surface area contributed by atoms with Gasteiger partial charge in [0.1, 0.15) is 0 Å². The summed E-state index contributed by atoms with van der Waals surface area (Å²) < 4.78 is 1.95. The van der Waals surface area contributed by atoms with Crippen molar-refractivity contribution in [3.05, 3.63) is 124 Å². The van der Waals surface area contributed by atoms with E-state index in [2.05, 4.69) is 50.6 Å². The number of imide groups is 1. The number of nitrogens with zero attached hydrogens (tertiary/aromatic N) is 3. The van der Waals surface area contributed by atoms with Crippen molar-refractivity contribution in [2.45, 2.75) is 11.3 Å². The molecule has 2 bridgehead atoms. The molecular formula is C32H21BrN4O2S. The maximum absolute atomic E-state index is 14.4. The lowest BCUT2D eigenvalue weighted by molar-refractivity contribution is -0.122. The largest absolute Gasteiger partial charge is 0.274 e. The molecule has 8 heteroatoms. The zero-order valence-electron chi connectivity index (χ0n) is 21.0. The first-order valence-electron chi connectivity index (χ1n) is 13.1. The second-order valence-corrected chi connectivity index (χ2v) is 12.3. The van der Waals surface area contributed by atoms with E-state index < -0.39 is 17.3 Å². The quantitative estimate of drug-likeness (QED) is 0.141. The van der Waals surface area contributed by atoms with Gasteiger partial charge in [0.2, 0.25) is 16.9 Å². The van der Waals surface area contributed by atoms with E-state index in [1.165, 1.54) is 16.2 Å². The maximum atomic E-state index is 14.4. The summed E-state index contributed by atoms with van der Waals surface area (Å²) in [5.74, 6) is -1.72. The molecule has 0 spiro atoms. The third kappa shape index (κ3) is 3.14. The van der Waals surface area contributed by atoms with Crippen LogP contribution in [-0.4, -0.2) is 23.0 Å². The molecule has 4 aromatic carbocycles. The zero-order valence-corrected chi connectivity index (χ0v) is 23.4. The standard InChI is InChI=1S/C32H21BrN4O2S/c33-18-13-15-19(16-14-18)37-29(38)27-26-20-7-1-3-9-22(20)32(28(27)30(37)39,23-10-4-2-8-21(23)26)17-34-36-31-35-24-11-5-6-12-25(24)40-31/h1-17,26-28H,(H,35,36)/b34-17-/t26?,27-,28+,32?/m0/s1. The van der Waals surface area contributed by atoms with Crippen LogP contribution >= 0.6 is 27.3 Å². The lowest BCUT2D eigenvalue weighted by Crippen LogP contribution is -2.54. The summed E-state index contributed by atoms with van der Waals surface area (Å²) in [6, 6.07) is 31.7. The van der Waals surface area contributed by atoms with Gasteiger partial charge >= 0.3 is 0 Å². The Morgan fingerprint density at radius 2 is 1.50 bits per heavy atom. The number of amides is 2. The van der Waals surface area contributed by atoms with E-state index in [0.717, 1.165) is 36.9 Å². The third-order valence-corrected chi connectivity index (χ3v) is 9.96. The van der Waals surface area contributed by atoms with Gasteiger partial charge < -0.3 is 0 Å². The molecule has 1 aromatic heterocycles. The van der Waals surface area contributed by atoms with Crippen LogP contribution in [0.15, 0.2) is 107 Å². The van der Waals surface area contributed by atoms with E-state index in [0.29, 0.717) is 10.8 Å². The van der Waals surface area contributed by atoms with Crippen molar-refractivity contribution in [2.24, 2.45) is 16.9 Å². The Morgan fingerprint density at radius 1 is 0.850 bits per heavy atom. The average molecular weight is 606 g/mol. The molecule has 1 saturated heterocycles. The Kier molecular flexibility index (Phi) is 5.15. The van der Waals surface area contributed by atoms with Crippen LogP contribution in [0.2, 0.25) is 0 Å². The Balaban J connectivity index is 1.32. The summed E-state index contributed by atoms with van der Waals surface area (Å²) in [5.41, 5.74) is 7.89. The van der Waals surface area contributed by atoms with Gasteiger partial charge in [0.05, 0.1) is 33.2 Å². The van der Waals surface area contributed by atoms with E-state index in [-0.39, 0.29) is 17.7 Å². The maximum Gasteiger partial charge on any atom is 0.239 e. The topological polar surface area (TPSA) is 74.7 Å². The number of hydrogen-bond donors (Lipinski definition) is 1. The van der Waals surface area contributed by atoms with Crippen LogP contribution in [0.25, 0.3) is 10.2 Å². The predicted molar refractivity (Wildman–Crippen MR) is 161 cm³/mol. The van der Waals surface area contributed by atoms with Gasteiger partial charge in [0, 0.05) is 16.6 Å². The molecule has 2 amide bonds. The number of anilines is 2. The molecule has 0 radical (unpaired) electrons. The zero-order chi connectivity index (χ0) is 27.0. The van der Waals surface area contributed by atoms with Gasteiger partial charge in [-0.15, -0.1) is 0 Å². The van der Waals surface area contributed by atoms with E-state index in [4.69, 9.17) is 5.10 Å². The Hall–Kier alpha value is -4.14.